The molecule has 1 aromatic carbocycles. The number of halogens is 2. The predicted molar refractivity (Wildman–Crippen MR) is 77.6 cm³/mol. The van der Waals surface area contributed by atoms with Crippen LogP contribution in [0, 0.1) is 29.4 Å². The third-order valence-corrected chi connectivity index (χ3v) is 7.09. The van der Waals surface area contributed by atoms with Gasteiger partial charge in [0.15, 0.2) is 0 Å². The van der Waals surface area contributed by atoms with Crippen molar-refractivity contribution in [2.24, 2.45) is 17.8 Å². The molecule has 6 heteroatoms. The van der Waals surface area contributed by atoms with Crippen LogP contribution in [0.1, 0.15) is 38.5 Å². The maximum Gasteiger partial charge on any atom is 0.241 e. The van der Waals surface area contributed by atoms with Crippen LogP contribution in [0.15, 0.2) is 23.1 Å². The van der Waals surface area contributed by atoms with Gasteiger partial charge in [-0.25, -0.2) is 21.9 Å². The Kier molecular flexibility index (Phi) is 3.14. The third-order valence-electron chi connectivity index (χ3n) is 5.54. The first kappa shape index (κ1) is 14.6. The minimum absolute atomic E-state index is 0.319. The number of hydrogen-bond acceptors (Lipinski definition) is 2. The highest BCUT2D eigenvalue weighted by Crippen LogP contribution is 2.55. The fraction of sp³-hybridized carbons (Fsp3) is 0.625. The van der Waals surface area contributed by atoms with E-state index >= 15 is 0 Å². The molecule has 0 radical (unpaired) electrons. The van der Waals surface area contributed by atoms with E-state index in [1.807, 2.05) is 0 Å². The summed E-state index contributed by atoms with van der Waals surface area (Å²) in [7, 11) is -3.90. The van der Waals surface area contributed by atoms with Crippen LogP contribution in [0.4, 0.5) is 8.78 Å². The topological polar surface area (TPSA) is 46.2 Å². The lowest BCUT2D eigenvalue weighted by atomic mass is 9.53. The maximum absolute atomic E-state index is 13.3. The molecule has 4 aliphatic carbocycles. The van der Waals surface area contributed by atoms with Crippen molar-refractivity contribution in [3.63, 3.8) is 0 Å². The molecule has 4 aliphatic rings. The molecule has 0 atom stereocenters. The molecular formula is C16H19F2NO2S. The Bertz CT molecular complexity index is 661. The number of rotatable bonds is 3. The van der Waals surface area contributed by atoms with Crippen molar-refractivity contribution in [1.82, 2.24) is 4.72 Å². The Morgan fingerprint density at radius 2 is 1.36 bits per heavy atom. The lowest BCUT2D eigenvalue weighted by molar-refractivity contribution is -0.00811. The minimum atomic E-state index is -3.90. The molecular weight excluding hydrogens is 308 g/mol. The number of hydrogen-bond donors (Lipinski definition) is 1. The molecule has 3 nitrogen and oxygen atoms in total. The molecule has 0 aromatic heterocycles. The zero-order chi connectivity index (χ0) is 15.5. The molecule has 4 bridgehead atoms. The van der Waals surface area contributed by atoms with E-state index in [-0.39, 0.29) is 4.90 Å². The molecule has 1 aromatic rings. The lowest BCUT2D eigenvalue weighted by Gasteiger charge is -2.56. The highest BCUT2D eigenvalue weighted by Gasteiger charge is 2.52. The summed E-state index contributed by atoms with van der Waals surface area (Å²) >= 11 is 0. The van der Waals surface area contributed by atoms with Gasteiger partial charge in [0.1, 0.15) is 11.6 Å². The molecule has 4 saturated carbocycles. The number of sulfonamides is 1. The van der Waals surface area contributed by atoms with E-state index in [9.17, 15) is 17.2 Å². The van der Waals surface area contributed by atoms with Crippen LogP contribution in [0.5, 0.6) is 0 Å². The van der Waals surface area contributed by atoms with Crippen LogP contribution in [0.2, 0.25) is 0 Å². The maximum atomic E-state index is 13.3. The van der Waals surface area contributed by atoms with Crippen LogP contribution in [0.3, 0.4) is 0 Å². The molecule has 0 spiro atoms. The van der Waals surface area contributed by atoms with Crippen molar-refractivity contribution >= 4 is 10.0 Å². The Balaban J connectivity index is 1.65. The fourth-order valence-electron chi connectivity index (χ4n) is 5.26. The van der Waals surface area contributed by atoms with E-state index in [1.54, 1.807) is 0 Å². The number of benzene rings is 1. The first-order chi connectivity index (χ1) is 10.3. The quantitative estimate of drug-likeness (QED) is 0.926. The summed E-state index contributed by atoms with van der Waals surface area (Å²) in [5.74, 6) is 0.0476. The van der Waals surface area contributed by atoms with Gasteiger partial charge >= 0.3 is 0 Å². The van der Waals surface area contributed by atoms with Gasteiger partial charge in [-0.3, -0.25) is 0 Å². The average Bonchev–Trinajstić information content (AvgIpc) is 2.34. The molecule has 4 fully saturated rings. The van der Waals surface area contributed by atoms with Crippen molar-refractivity contribution in [3.05, 3.63) is 29.8 Å². The van der Waals surface area contributed by atoms with Gasteiger partial charge in [-0.15, -0.1) is 0 Å². The second-order valence-corrected chi connectivity index (χ2v) is 9.09. The Morgan fingerprint density at radius 3 is 1.82 bits per heavy atom. The van der Waals surface area contributed by atoms with Crippen molar-refractivity contribution in [1.29, 1.82) is 0 Å². The standard InChI is InChI=1S/C16H19F2NO2S/c17-13-4-14(18)6-15(5-13)22(20,21)19-16-7-10-1-11(8-16)3-12(2-10)9-16/h4-6,10-12,19H,1-3,7-9H2. The monoisotopic (exact) mass is 327 g/mol. The molecule has 0 amide bonds. The Hall–Kier alpha value is -1.01. The van der Waals surface area contributed by atoms with Gasteiger partial charge in [0.25, 0.3) is 0 Å². The van der Waals surface area contributed by atoms with Crippen molar-refractivity contribution in [3.8, 4) is 0 Å². The van der Waals surface area contributed by atoms with Crippen LogP contribution >= 0.6 is 0 Å². The third kappa shape index (κ3) is 2.46. The van der Waals surface area contributed by atoms with Crippen molar-refractivity contribution in [2.45, 2.75) is 49.0 Å². The largest absolute Gasteiger partial charge is 0.241 e. The first-order valence-electron chi connectivity index (χ1n) is 7.84. The molecule has 0 heterocycles. The van der Waals surface area contributed by atoms with E-state index < -0.39 is 27.2 Å². The van der Waals surface area contributed by atoms with E-state index in [1.165, 1.54) is 19.3 Å². The number of nitrogens with one attached hydrogen (secondary N) is 1. The summed E-state index contributed by atoms with van der Waals surface area (Å²) < 4.78 is 54.6. The molecule has 22 heavy (non-hydrogen) atoms. The average molecular weight is 327 g/mol. The van der Waals surface area contributed by atoms with Gasteiger partial charge in [0, 0.05) is 11.6 Å². The smallest absolute Gasteiger partial charge is 0.207 e. The molecule has 120 valence electrons. The van der Waals surface area contributed by atoms with Crippen molar-refractivity contribution < 1.29 is 17.2 Å². The summed E-state index contributed by atoms with van der Waals surface area (Å²) in [5.41, 5.74) is -0.406. The van der Waals surface area contributed by atoms with Gasteiger partial charge in [0.2, 0.25) is 10.0 Å². The van der Waals surface area contributed by atoms with E-state index in [0.717, 1.165) is 31.4 Å². The van der Waals surface area contributed by atoms with Crippen molar-refractivity contribution in [2.75, 3.05) is 0 Å². The van der Waals surface area contributed by atoms with Gasteiger partial charge in [0.05, 0.1) is 4.90 Å². The minimum Gasteiger partial charge on any atom is -0.207 e. The van der Waals surface area contributed by atoms with Gasteiger partial charge in [-0.05, 0) is 68.4 Å². The van der Waals surface area contributed by atoms with Crippen LogP contribution in [0.25, 0.3) is 0 Å². The fourth-order valence-corrected chi connectivity index (χ4v) is 6.74. The molecule has 0 unspecified atom stereocenters. The summed E-state index contributed by atoms with van der Waals surface area (Å²) in [6.07, 6.45) is 6.18. The van der Waals surface area contributed by atoms with Crippen LogP contribution in [-0.2, 0) is 10.0 Å². The highest BCUT2D eigenvalue weighted by atomic mass is 32.2. The van der Waals surface area contributed by atoms with Gasteiger partial charge in [-0.2, -0.15) is 0 Å². The summed E-state index contributed by atoms with van der Waals surface area (Å²) in [5, 5.41) is 0. The lowest BCUT2D eigenvalue weighted by Crippen LogP contribution is -2.59. The zero-order valence-corrected chi connectivity index (χ0v) is 13.0. The van der Waals surface area contributed by atoms with Gasteiger partial charge in [-0.1, -0.05) is 0 Å². The summed E-state index contributed by atoms with van der Waals surface area (Å²) in [4.78, 5) is -0.319. The van der Waals surface area contributed by atoms with Crippen LogP contribution < -0.4 is 4.72 Å². The molecule has 1 N–H and O–H groups in total. The van der Waals surface area contributed by atoms with Crippen LogP contribution in [-0.4, -0.2) is 14.0 Å². The van der Waals surface area contributed by atoms with E-state index in [4.69, 9.17) is 0 Å². The predicted octanol–water partition coefficient (Wildman–Crippen LogP) is 3.21. The second kappa shape index (κ2) is 4.74. The highest BCUT2D eigenvalue weighted by molar-refractivity contribution is 7.89. The Labute approximate surface area is 129 Å². The summed E-state index contributed by atoms with van der Waals surface area (Å²) in [6.45, 7) is 0. The molecule has 5 rings (SSSR count). The van der Waals surface area contributed by atoms with Gasteiger partial charge < -0.3 is 0 Å². The molecule has 0 saturated heterocycles. The Morgan fingerprint density at radius 1 is 0.909 bits per heavy atom. The molecule has 0 aliphatic heterocycles. The SMILES string of the molecule is O=S(=O)(NC12CC3CC(CC(C3)C1)C2)c1cc(F)cc(F)c1. The second-order valence-electron chi connectivity index (χ2n) is 7.41. The first-order valence-corrected chi connectivity index (χ1v) is 9.32. The normalized spacial score (nSPS) is 36.7. The van der Waals surface area contributed by atoms with E-state index in [2.05, 4.69) is 4.72 Å². The summed E-state index contributed by atoms with van der Waals surface area (Å²) in [6, 6.07) is 2.45. The van der Waals surface area contributed by atoms with E-state index in [0.29, 0.717) is 23.8 Å². The zero-order valence-electron chi connectivity index (χ0n) is 12.2.